The summed E-state index contributed by atoms with van der Waals surface area (Å²) < 4.78 is 44.4. The van der Waals surface area contributed by atoms with Gasteiger partial charge >= 0.3 is 6.18 Å². The van der Waals surface area contributed by atoms with Crippen LogP contribution in [0, 0.1) is 0 Å². The topological polar surface area (TPSA) is 83.6 Å². The van der Waals surface area contributed by atoms with Gasteiger partial charge in [-0.15, -0.1) is 0 Å². The summed E-state index contributed by atoms with van der Waals surface area (Å²) >= 11 is 0. The molecule has 2 amide bonds. The second kappa shape index (κ2) is 10.3. The molecule has 1 aromatic carbocycles. The molecule has 7 nitrogen and oxygen atoms in total. The van der Waals surface area contributed by atoms with Crippen LogP contribution in [0.25, 0.3) is 0 Å². The van der Waals surface area contributed by atoms with Crippen LogP contribution < -0.4 is 15.4 Å². The van der Waals surface area contributed by atoms with Crippen LogP contribution in [0.3, 0.4) is 0 Å². The van der Waals surface area contributed by atoms with Gasteiger partial charge < -0.3 is 15.4 Å². The van der Waals surface area contributed by atoms with E-state index in [1.165, 1.54) is 6.07 Å². The number of hydrogen-bond donors (Lipinski definition) is 2. The number of nitrogens with zero attached hydrogens (tertiary/aromatic N) is 2. The van der Waals surface area contributed by atoms with Crippen LogP contribution in [0.4, 0.5) is 13.2 Å². The first kappa shape index (κ1) is 22.5. The third-order valence-electron chi connectivity index (χ3n) is 4.79. The van der Waals surface area contributed by atoms with E-state index in [0.717, 1.165) is 12.1 Å². The fourth-order valence-corrected chi connectivity index (χ4v) is 3.29. The van der Waals surface area contributed by atoms with E-state index in [9.17, 15) is 22.8 Å². The predicted octanol–water partition coefficient (Wildman–Crippen LogP) is 1.99. The summed E-state index contributed by atoms with van der Waals surface area (Å²) in [5.74, 6) is -0.0819. The third-order valence-corrected chi connectivity index (χ3v) is 4.79. The molecule has 1 atom stereocenters. The molecule has 2 aromatic rings. The average Bonchev–Trinajstić information content (AvgIpc) is 2.74. The Morgan fingerprint density at radius 3 is 2.87 bits per heavy atom. The van der Waals surface area contributed by atoms with Crippen LogP contribution in [-0.2, 0) is 22.3 Å². The molecule has 31 heavy (non-hydrogen) atoms. The van der Waals surface area contributed by atoms with Crippen LogP contribution in [0.2, 0.25) is 0 Å². The zero-order chi connectivity index (χ0) is 22.3. The van der Waals surface area contributed by atoms with Gasteiger partial charge in [0.2, 0.25) is 11.8 Å². The number of halogens is 3. The minimum Gasteiger partial charge on any atom is -0.490 e. The standard InChI is InChI=1S/C21H23F3N4O3/c22-21(23,24)16-4-1-3-15(11-16)14-28-9-7-27-20(30)18(28)12-19(29)26-8-10-31-17-5-2-6-25-13-17/h1-6,11,13,18H,7-10,12,14H2,(H,26,29)(H,27,30)/t18-/m1/s1. The van der Waals surface area contributed by atoms with E-state index in [1.54, 1.807) is 35.5 Å². The lowest BCUT2D eigenvalue weighted by atomic mass is 10.1. The largest absolute Gasteiger partial charge is 0.490 e. The molecule has 0 aliphatic carbocycles. The Bertz CT molecular complexity index is 893. The predicted molar refractivity (Wildman–Crippen MR) is 106 cm³/mol. The van der Waals surface area contributed by atoms with Crippen LogP contribution in [-0.4, -0.2) is 54.0 Å². The summed E-state index contributed by atoms with van der Waals surface area (Å²) in [6.07, 6.45) is -1.36. The Labute approximate surface area is 177 Å². The highest BCUT2D eigenvalue weighted by molar-refractivity contribution is 5.88. The maximum atomic E-state index is 13.0. The van der Waals surface area contributed by atoms with Crippen molar-refractivity contribution in [3.8, 4) is 5.75 Å². The van der Waals surface area contributed by atoms with Crippen molar-refractivity contribution >= 4 is 11.8 Å². The highest BCUT2D eigenvalue weighted by Gasteiger charge is 2.33. The molecule has 0 radical (unpaired) electrons. The van der Waals surface area contributed by atoms with Gasteiger partial charge in [0.05, 0.1) is 30.8 Å². The first-order valence-electron chi connectivity index (χ1n) is 9.80. The first-order chi connectivity index (χ1) is 14.8. The number of carbonyl (C=O) groups excluding carboxylic acids is 2. The maximum Gasteiger partial charge on any atom is 0.416 e. The molecule has 0 bridgehead atoms. The Hall–Kier alpha value is -3.14. The minimum absolute atomic E-state index is 0.0995. The molecule has 2 heterocycles. The van der Waals surface area contributed by atoms with E-state index in [2.05, 4.69) is 15.6 Å². The molecule has 1 aliphatic heterocycles. The number of aromatic nitrogens is 1. The van der Waals surface area contributed by atoms with Crippen molar-refractivity contribution in [2.24, 2.45) is 0 Å². The summed E-state index contributed by atoms with van der Waals surface area (Å²) in [5.41, 5.74) is -0.311. The van der Waals surface area contributed by atoms with E-state index in [0.29, 0.717) is 24.4 Å². The molecule has 0 spiro atoms. The summed E-state index contributed by atoms with van der Waals surface area (Å²) in [7, 11) is 0. The summed E-state index contributed by atoms with van der Waals surface area (Å²) in [6, 6.07) is 7.70. The number of ether oxygens (including phenoxy) is 1. The van der Waals surface area contributed by atoms with Gasteiger partial charge in [-0.1, -0.05) is 18.2 Å². The number of hydrogen-bond acceptors (Lipinski definition) is 5. The Kier molecular flexibility index (Phi) is 7.45. The number of pyridine rings is 1. The van der Waals surface area contributed by atoms with Crippen molar-refractivity contribution in [1.82, 2.24) is 20.5 Å². The van der Waals surface area contributed by atoms with Crippen molar-refractivity contribution in [2.45, 2.75) is 25.2 Å². The van der Waals surface area contributed by atoms with Gasteiger partial charge in [0.1, 0.15) is 12.4 Å². The van der Waals surface area contributed by atoms with Gasteiger partial charge in [-0.05, 0) is 23.8 Å². The van der Waals surface area contributed by atoms with Crippen LogP contribution in [0.15, 0.2) is 48.8 Å². The molecule has 0 saturated carbocycles. The Morgan fingerprint density at radius 1 is 1.29 bits per heavy atom. The van der Waals surface area contributed by atoms with Gasteiger partial charge in [-0.2, -0.15) is 13.2 Å². The molecular formula is C21H23F3N4O3. The van der Waals surface area contributed by atoms with E-state index >= 15 is 0 Å². The van der Waals surface area contributed by atoms with Crippen LogP contribution in [0.1, 0.15) is 17.5 Å². The molecule has 2 N–H and O–H groups in total. The van der Waals surface area contributed by atoms with Crippen molar-refractivity contribution < 1.29 is 27.5 Å². The second-order valence-corrected chi connectivity index (χ2v) is 7.07. The number of rotatable bonds is 8. The lowest BCUT2D eigenvalue weighted by Gasteiger charge is -2.34. The van der Waals surface area contributed by atoms with Gasteiger partial charge in [0.15, 0.2) is 0 Å². The van der Waals surface area contributed by atoms with Gasteiger partial charge in [-0.3, -0.25) is 19.5 Å². The number of alkyl halides is 3. The average molecular weight is 436 g/mol. The van der Waals surface area contributed by atoms with Gasteiger partial charge in [-0.25, -0.2) is 0 Å². The zero-order valence-corrected chi connectivity index (χ0v) is 16.7. The maximum absolute atomic E-state index is 13.0. The number of carbonyl (C=O) groups is 2. The Balaban J connectivity index is 1.54. The molecule has 3 rings (SSSR count). The third kappa shape index (κ3) is 6.68. The van der Waals surface area contributed by atoms with E-state index < -0.39 is 17.8 Å². The van der Waals surface area contributed by atoms with Crippen molar-refractivity contribution in [3.05, 3.63) is 59.9 Å². The molecule has 1 fully saturated rings. The molecule has 0 unspecified atom stereocenters. The highest BCUT2D eigenvalue weighted by Crippen LogP contribution is 2.30. The summed E-state index contributed by atoms with van der Waals surface area (Å²) in [5, 5.41) is 5.40. The molecule has 1 aromatic heterocycles. The highest BCUT2D eigenvalue weighted by atomic mass is 19.4. The van der Waals surface area contributed by atoms with Gasteiger partial charge in [0, 0.05) is 25.8 Å². The molecular weight excluding hydrogens is 413 g/mol. The number of benzene rings is 1. The minimum atomic E-state index is -4.44. The fraction of sp³-hybridized carbons (Fsp3) is 0.381. The van der Waals surface area contributed by atoms with E-state index in [1.807, 2.05) is 0 Å². The molecule has 1 saturated heterocycles. The monoisotopic (exact) mass is 436 g/mol. The van der Waals surface area contributed by atoms with Crippen molar-refractivity contribution in [2.75, 3.05) is 26.2 Å². The lowest BCUT2D eigenvalue weighted by Crippen LogP contribution is -2.56. The smallest absolute Gasteiger partial charge is 0.416 e. The van der Waals surface area contributed by atoms with Gasteiger partial charge in [0.25, 0.3) is 0 Å². The Morgan fingerprint density at radius 2 is 2.13 bits per heavy atom. The van der Waals surface area contributed by atoms with Crippen molar-refractivity contribution in [3.63, 3.8) is 0 Å². The molecule has 1 aliphatic rings. The molecule has 10 heteroatoms. The van der Waals surface area contributed by atoms with Crippen LogP contribution in [0.5, 0.6) is 5.75 Å². The lowest BCUT2D eigenvalue weighted by molar-refractivity contribution is -0.137. The fourth-order valence-electron chi connectivity index (χ4n) is 3.29. The van der Waals surface area contributed by atoms with Crippen molar-refractivity contribution in [1.29, 1.82) is 0 Å². The van der Waals surface area contributed by atoms with E-state index in [-0.39, 0.29) is 37.9 Å². The summed E-state index contributed by atoms with van der Waals surface area (Å²) in [4.78, 5) is 30.3. The summed E-state index contributed by atoms with van der Waals surface area (Å²) in [6.45, 7) is 1.43. The number of piperazine rings is 1. The first-order valence-corrected chi connectivity index (χ1v) is 9.80. The normalized spacial score (nSPS) is 17.1. The molecule has 166 valence electrons. The second-order valence-electron chi connectivity index (χ2n) is 7.07. The van der Waals surface area contributed by atoms with Crippen LogP contribution >= 0.6 is 0 Å². The SMILES string of the molecule is O=C(C[C@@H]1C(=O)NCCN1Cc1cccc(C(F)(F)F)c1)NCCOc1cccnc1. The zero-order valence-electron chi connectivity index (χ0n) is 16.7. The van der Waals surface area contributed by atoms with E-state index in [4.69, 9.17) is 4.74 Å². The number of nitrogens with one attached hydrogen (secondary N) is 2. The number of amides is 2. The quantitative estimate of drug-likeness (QED) is 0.619.